The molecule has 2 rings (SSSR count). The molecule has 134 valence electrons. The van der Waals surface area contributed by atoms with Gasteiger partial charge < -0.3 is 25.0 Å². The first-order chi connectivity index (χ1) is 11.6. The van der Waals surface area contributed by atoms with Gasteiger partial charge in [-0.1, -0.05) is 0 Å². The fraction of sp³-hybridized carbons (Fsp3) is 0.611. The summed E-state index contributed by atoms with van der Waals surface area (Å²) in [6.45, 7) is 9.89. The zero-order valence-electron chi connectivity index (χ0n) is 14.9. The van der Waals surface area contributed by atoms with E-state index in [-0.39, 0.29) is 12.0 Å². The highest BCUT2D eigenvalue weighted by atomic mass is 16.5. The number of hydrogen-bond donors (Lipinski definition) is 2. The lowest BCUT2D eigenvalue weighted by Crippen LogP contribution is -2.44. The highest BCUT2D eigenvalue weighted by molar-refractivity contribution is 5.94. The van der Waals surface area contributed by atoms with Crippen LogP contribution in [0.2, 0.25) is 0 Å². The molecule has 24 heavy (non-hydrogen) atoms. The third-order valence-electron chi connectivity index (χ3n) is 3.93. The number of hydrogen-bond acceptors (Lipinski definition) is 5. The summed E-state index contributed by atoms with van der Waals surface area (Å²) in [5.41, 5.74) is 0.588. The minimum atomic E-state index is -0.0790. The van der Waals surface area contributed by atoms with Gasteiger partial charge in [-0.3, -0.25) is 4.79 Å². The smallest absolute Gasteiger partial charge is 0.251 e. The topological polar surface area (TPSA) is 62.8 Å². The number of rotatable bonds is 8. The summed E-state index contributed by atoms with van der Waals surface area (Å²) in [6.07, 6.45) is 1.01. The number of methoxy groups -OCH3 is 1. The average Bonchev–Trinajstić information content (AvgIpc) is 2.59. The third-order valence-corrected chi connectivity index (χ3v) is 3.93. The van der Waals surface area contributed by atoms with Crippen LogP contribution in [-0.4, -0.2) is 63.3 Å². The normalized spacial score (nSPS) is 15.3. The summed E-state index contributed by atoms with van der Waals surface area (Å²) in [5, 5.41) is 6.31. The minimum Gasteiger partial charge on any atom is -0.493 e. The maximum atomic E-state index is 12.3. The van der Waals surface area contributed by atoms with Gasteiger partial charge in [0.1, 0.15) is 0 Å². The van der Waals surface area contributed by atoms with Crippen molar-refractivity contribution >= 4 is 5.91 Å². The van der Waals surface area contributed by atoms with Gasteiger partial charge in [0.05, 0.1) is 13.2 Å². The van der Waals surface area contributed by atoms with Crippen LogP contribution in [0.1, 0.15) is 30.6 Å². The molecule has 0 spiro atoms. The summed E-state index contributed by atoms with van der Waals surface area (Å²) in [5.74, 6) is 1.16. The Bertz CT molecular complexity index is 528. The largest absolute Gasteiger partial charge is 0.493 e. The highest BCUT2D eigenvalue weighted by Crippen LogP contribution is 2.28. The predicted molar refractivity (Wildman–Crippen MR) is 95.0 cm³/mol. The Morgan fingerprint density at radius 1 is 1.29 bits per heavy atom. The quantitative estimate of drug-likeness (QED) is 0.705. The molecule has 6 heteroatoms. The van der Waals surface area contributed by atoms with Crippen LogP contribution in [0.3, 0.4) is 0 Å². The van der Waals surface area contributed by atoms with Crippen molar-refractivity contribution in [2.45, 2.75) is 26.4 Å². The van der Waals surface area contributed by atoms with Crippen LogP contribution >= 0.6 is 0 Å². The zero-order valence-corrected chi connectivity index (χ0v) is 14.9. The number of carbonyl (C=O) groups excluding carboxylic acids is 1. The van der Waals surface area contributed by atoms with Crippen LogP contribution in [0.15, 0.2) is 18.2 Å². The fourth-order valence-electron chi connectivity index (χ4n) is 2.70. The molecule has 1 fully saturated rings. The number of carbonyl (C=O) groups is 1. The van der Waals surface area contributed by atoms with Gasteiger partial charge in [-0.2, -0.15) is 0 Å². The van der Waals surface area contributed by atoms with Crippen LogP contribution in [-0.2, 0) is 0 Å². The molecule has 1 amide bonds. The highest BCUT2D eigenvalue weighted by Gasteiger charge is 2.12. The molecule has 0 unspecified atom stereocenters. The van der Waals surface area contributed by atoms with Gasteiger partial charge in [-0.05, 0) is 45.0 Å². The van der Waals surface area contributed by atoms with E-state index in [4.69, 9.17) is 9.47 Å². The molecule has 1 aliphatic heterocycles. The molecule has 0 aliphatic carbocycles. The molecule has 2 N–H and O–H groups in total. The number of ether oxygens (including phenoxy) is 2. The van der Waals surface area contributed by atoms with E-state index in [0.717, 1.165) is 39.1 Å². The van der Waals surface area contributed by atoms with Crippen molar-refractivity contribution in [3.8, 4) is 11.5 Å². The Kier molecular flexibility index (Phi) is 7.34. The summed E-state index contributed by atoms with van der Waals surface area (Å²) in [6, 6.07) is 5.28. The van der Waals surface area contributed by atoms with E-state index >= 15 is 0 Å². The summed E-state index contributed by atoms with van der Waals surface area (Å²) in [7, 11) is 1.58. The predicted octanol–water partition coefficient (Wildman–Crippen LogP) is 1.51. The lowest BCUT2D eigenvalue weighted by Gasteiger charge is -2.27. The van der Waals surface area contributed by atoms with Gasteiger partial charge in [0.2, 0.25) is 0 Å². The molecule has 0 saturated carbocycles. The number of benzene rings is 1. The van der Waals surface area contributed by atoms with Crippen LogP contribution in [0.25, 0.3) is 0 Å². The first-order valence-electron chi connectivity index (χ1n) is 8.66. The van der Waals surface area contributed by atoms with Crippen molar-refractivity contribution in [1.82, 2.24) is 15.5 Å². The van der Waals surface area contributed by atoms with Gasteiger partial charge >= 0.3 is 0 Å². The Morgan fingerprint density at radius 2 is 2.04 bits per heavy atom. The Hall–Kier alpha value is -1.79. The van der Waals surface area contributed by atoms with Crippen LogP contribution in [0, 0.1) is 0 Å². The van der Waals surface area contributed by atoms with Gasteiger partial charge in [0.15, 0.2) is 11.5 Å². The number of nitrogens with one attached hydrogen (secondary N) is 2. The molecule has 1 saturated heterocycles. The van der Waals surface area contributed by atoms with Crippen molar-refractivity contribution in [1.29, 1.82) is 0 Å². The van der Waals surface area contributed by atoms with Crippen molar-refractivity contribution in [3.05, 3.63) is 23.8 Å². The molecule has 1 aromatic carbocycles. The molecule has 6 nitrogen and oxygen atoms in total. The second kappa shape index (κ2) is 9.49. The van der Waals surface area contributed by atoms with E-state index in [1.165, 1.54) is 0 Å². The molecule has 1 aliphatic rings. The van der Waals surface area contributed by atoms with Gasteiger partial charge in [0, 0.05) is 38.3 Å². The number of amides is 1. The second-order valence-electron chi connectivity index (χ2n) is 6.23. The lowest BCUT2D eigenvalue weighted by molar-refractivity contribution is 0.0951. The van der Waals surface area contributed by atoms with Gasteiger partial charge in [-0.25, -0.2) is 0 Å². The second-order valence-corrected chi connectivity index (χ2v) is 6.23. The summed E-state index contributed by atoms with van der Waals surface area (Å²) in [4.78, 5) is 14.7. The number of nitrogens with zero attached hydrogens (tertiary/aromatic N) is 1. The van der Waals surface area contributed by atoms with E-state index in [1.807, 2.05) is 13.8 Å². The zero-order chi connectivity index (χ0) is 17.4. The average molecular weight is 335 g/mol. The van der Waals surface area contributed by atoms with Crippen molar-refractivity contribution in [2.75, 3.05) is 46.4 Å². The van der Waals surface area contributed by atoms with Gasteiger partial charge in [0.25, 0.3) is 5.91 Å². The summed E-state index contributed by atoms with van der Waals surface area (Å²) < 4.78 is 11.0. The monoisotopic (exact) mass is 335 g/mol. The maximum Gasteiger partial charge on any atom is 0.251 e. The van der Waals surface area contributed by atoms with Crippen molar-refractivity contribution in [3.63, 3.8) is 0 Å². The molecule has 1 aromatic rings. The van der Waals surface area contributed by atoms with Crippen LogP contribution in [0.5, 0.6) is 11.5 Å². The molecule has 1 heterocycles. The SMILES string of the molecule is COc1cc(C(=O)NCCCN2CCNCC2)ccc1OC(C)C. The Balaban J connectivity index is 1.80. The molecule has 0 bridgehead atoms. The lowest BCUT2D eigenvalue weighted by atomic mass is 10.2. The number of piperazine rings is 1. The van der Waals surface area contributed by atoms with Crippen LogP contribution in [0.4, 0.5) is 0 Å². The Morgan fingerprint density at radius 3 is 2.71 bits per heavy atom. The molecule has 0 radical (unpaired) electrons. The molecular formula is C18H29N3O3. The van der Waals surface area contributed by atoms with E-state index in [0.29, 0.717) is 23.6 Å². The van der Waals surface area contributed by atoms with Gasteiger partial charge in [-0.15, -0.1) is 0 Å². The molecular weight excluding hydrogens is 306 g/mol. The summed E-state index contributed by atoms with van der Waals surface area (Å²) >= 11 is 0. The van der Waals surface area contributed by atoms with Crippen LogP contribution < -0.4 is 20.1 Å². The van der Waals surface area contributed by atoms with Crippen molar-refractivity contribution < 1.29 is 14.3 Å². The van der Waals surface area contributed by atoms with E-state index in [2.05, 4.69) is 15.5 Å². The third kappa shape index (κ3) is 5.69. The van der Waals surface area contributed by atoms with E-state index in [1.54, 1.807) is 25.3 Å². The molecule has 0 aromatic heterocycles. The van der Waals surface area contributed by atoms with E-state index in [9.17, 15) is 4.79 Å². The Labute approximate surface area is 144 Å². The first-order valence-corrected chi connectivity index (χ1v) is 8.66. The van der Waals surface area contributed by atoms with Crippen molar-refractivity contribution in [2.24, 2.45) is 0 Å². The fourth-order valence-corrected chi connectivity index (χ4v) is 2.70. The minimum absolute atomic E-state index is 0.0589. The van der Waals surface area contributed by atoms with E-state index < -0.39 is 0 Å². The standard InChI is InChI=1S/C18H29N3O3/c1-14(2)24-16-6-5-15(13-17(16)23-3)18(22)20-7-4-10-21-11-8-19-9-12-21/h5-6,13-14,19H,4,7-12H2,1-3H3,(H,20,22). The molecule has 0 atom stereocenters. The first kappa shape index (κ1) is 18.5. The maximum absolute atomic E-state index is 12.3.